The summed E-state index contributed by atoms with van der Waals surface area (Å²) >= 11 is 0. The van der Waals surface area contributed by atoms with E-state index in [0.29, 0.717) is 12.8 Å². The molecule has 0 spiro atoms. The van der Waals surface area contributed by atoms with Crippen LogP contribution in [0, 0.1) is 16.7 Å². The molecular weight excluding hydrogens is 444 g/mol. The van der Waals surface area contributed by atoms with Crippen molar-refractivity contribution in [2.75, 3.05) is 6.61 Å². The lowest BCUT2D eigenvalue weighted by Gasteiger charge is -2.29. The highest BCUT2D eigenvalue weighted by molar-refractivity contribution is 5.90. The number of carboxylic acids is 1. The molecule has 2 aromatic rings. The Labute approximate surface area is 205 Å². The molecule has 0 bridgehead atoms. The van der Waals surface area contributed by atoms with Crippen molar-refractivity contribution in [1.29, 1.82) is 0 Å². The van der Waals surface area contributed by atoms with Crippen LogP contribution < -0.4 is 10.6 Å². The summed E-state index contributed by atoms with van der Waals surface area (Å²) < 4.78 is 5.66. The summed E-state index contributed by atoms with van der Waals surface area (Å²) in [7, 11) is 0. The van der Waals surface area contributed by atoms with Crippen LogP contribution in [0.3, 0.4) is 0 Å². The molecule has 184 valence electrons. The van der Waals surface area contributed by atoms with Gasteiger partial charge in [0.05, 0.1) is 5.41 Å². The molecule has 1 unspecified atom stereocenters. The number of benzene rings is 2. The van der Waals surface area contributed by atoms with Crippen LogP contribution in [0.15, 0.2) is 48.5 Å². The van der Waals surface area contributed by atoms with Crippen molar-refractivity contribution >= 4 is 18.0 Å². The van der Waals surface area contributed by atoms with Crippen molar-refractivity contribution in [3.05, 3.63) is 59.7 Å². The molecule has 3 aliphatic rings. The van der Waals surface area contributed by atoms with Gasteiger partial charge < -0.3 is 20.5 Å². The maximum atomic E-state index is 13.0. The maximum Gasteiger partial charge on any atom is 0.407 e. The zero-order valence-corrected chi connectivity index (χ0v) is 20.3. The second-order valence-electron chi connectivity index (χ2n) is 11.3. The van der Waals surface area contributed by atoms with Gasteiger partial charge in [-0.15, -0.1) is 0 Å². The van der Waals surface area contributed by atoms with Crippen molar-refractivity contribution in [2.45, 2.75) is 58.0 Å². The fourth-order valence-corrected chi connectivity index (χ4v) is 6.02. The summed E-state index contributed by atoms with van der Waals surface area (Å²) in [5.74, 6) is -1.10. The number of carbonyl (C=O) groups is 3. The number of fused-ring (bicyclic) bond motifs is 4. The Morgan fingerprint density at radius 2 is 1.63 bits per heavy atom. The third kappa shape index (κ3) is 4.17. The number of alkyl carbamates (subject to hydrolysis) is 1. The Hall–Kier alpha value is -3.35. The summed E-state index contributed by atoms with van der Waals surface area (Å²) in [5.41, 5.74) is 3.49. The van der Waals surface area contributed by atoms with Crippen LogP contribution in [-0.2, 0) is 14.3 Å². The third-order valence-electron chi connectivity index (χ3n) is 7.92. The van der Waals surface area contributed by atoms with Crippen LogP contribution in [0.5, 0.6) is 0 Å². The first-order chi connectivity index (χ1) is 16.6. The second kappa shape index (κ2) is 8.40. The highest BCUT2D eigenvalue weighted by atomic mass is 16.5. The van der Waals surface area contributed by atoms with Crippen molar-refractivity contribution in [2.24, 2.45) is 16.7 Å². The summed E-state index contributed by atoms with van der Waals surface area (Å²) in [6, 6.07) is 15.3. The molecule has 5 rings (SSSR count). The number of carboxylic acid groups (broad SMARTS) is 1. The van der Waals surface area contributed by atoms with E-state index in [0.717, 1.165) is 17.5 Å². The highest BCUT2D eigenvalue weighted by Crippen LogP contribution is 2.63. The zero-order chi connectivity index (χ0) is 25.0. The molecule has 7 nitrogen and oxygen atoms in total. The van der Waals surface area contributed by atoms with Gasteiger partial charge >= 0.3 is 12.1 Å². The smallest absolute Gasteiger partial charge is 0.407 e. The van der Waals surface area contributed by atoms with Gasteiger partial charge in [-0.3, -0.25) is 4.79 Å². The molecule has 4 atom stereocenters. The maximum absolute atomic E-state index is 13.0. The second-order valence-corrected chi connectivity index (χ2v) is 11.3. The lowest BCUT2D eigenvalue weighted by Crippen LogP contribution is -2.51. The Kier molecular flexibility index (Phi) is 5.61. The van der Waals surface area contributed by atoms with Gasteiger partial charge in [0.1, 0.15) is 12.6 Å². The van der Waals surface area contributed by atoms with E-state index in [1.807, 2.05) is 24.3 Å². The number of nitrogens with one attached hydrogen (secondary N) is 2. The first-order valence-corrected chi connectivity index (χ1v) is 12.3. The molecule has 0 aliphatic heterocycles. The molecule has 0 heterocycles. The van der Waals surface area contributed by atoms with Crippen LogP contribution >= 0.6 is 0 Å². The van der Waals surface area contributed by atoms with Gasteiger partial charge in [-0.2, -0.15) is 0 Å². The molecule has 3 N–H and O–H groups in total. The Bertz CT molecular complexity index is 1140. The van der Waals surface area contributed by atoms with Gasteiger partial charge in [0.15, 0.2) is 0 Å². The monoisotopic (exact) mass is 476 g/mol. The van der Waals surface area contributed by atoms with Gasteiger partial charge in [-0.25, -0.2) is 9.59 Å². The fraction of sp³-hybridized carbons (Fsp3) is 0.464. The SMILES string of the molecule is CC(C)(C)C(NC(=O)[C@]12C[C@H](NC(=O)OCC3c4ccccc4-c4ccccc43)C[C@H]1C2)C(=O)O. The highest BCUT2D eigenvalue weighted by Gasteiger charge is 2.65. The predicted octanol–water partition coefficient (Wildman–Crippen LogP) is 4.31. The van der Waals surface area contributed by atoms with Crippen molar-refractivity contribution in [3.63, 3.8) is 0 Å². The minimum atomic E-state index is -1.04. The molecular formula is C28H32N2O5. The van der Waals surface area contributed by atoms with Gasteiger partial charge in [0, 0.05) is 12.0 Å². The van der Waals surface area contributed by atoms with E-state index in [1.165, 1.54) is 11.1 Å². The van der Waals surface area contributed by atoms with E-state index in [9.17, 15) is 19.5 Å². The molecule has 2 saturated carbocycles. The lowest BCUT2D eigenvalue weighted by atomic mass is 9.86. The van der Waals surface area contributed by atoms with E-state index < -0.39 is 28.9 Å². The summed E-state index contributed by atoms with van der Waals surface area (Å²) in [6.07, 6.45) is 1.46. The van der Waals surface area contributed by atoms with E-state index in [2.05, 4.69) is 34.9 Å². The molecule has 2 fully saturated rings. The standard InChI is InChI=1S/C28H32N2O5/c1-27(2,3)23(24(31)32)30-25(33)28-13-16(28)12-17(14-28)29-26(34)35-15-22-20-10-6-4-8-18(20)19-9-5-7-11-21(19)22/h4-11,16-17,22-23H,12-15H2,1-3H3,(H,29,34)(H,30,33)(H,31,32)/t16-,17+,23?,28+/m0/s1. The number of hydrogen-bond acceptors (Lipinski definition) is 4. The minimum Gasteiger partial charge on any atom is -0.480 e. The average Bonchev–Trinajstić information content (AvgIpc) is 3.23. The van der Waals surface area contributed by atoms with Gasteiger partial charge in [-0.1, -0.05) is 69.3 Å². The first-order valence-electron chi connectivity index (χ1n) is 12.3. The van der Waals surface area contributed by atoms with E-state index >= 15 is 0 Å². The van der Waals surface area contributed by atoms with Gasteiger partial charge in [-0.05, 0) is 52.8 Å². The van der Waals surface area contributed by atoms with Crippen LogP contribution in [-0.4, -0.2) is 41.8 Å². The quantitative estimate of drug-likeness (QED) is 0.576. The third-order valence-corrected chi connectivity index (χ3v) is 7.92. The summed E-state index contributed by atoms with van der Waals surface area (Å²) in [6.45, 7) is 5.63. The molecule has 0 saturated heterocycles. The number of rotatable bonds is 6. The summed E-state index contributed by atoms with van der Waals surface area (Å²) in [4.78, 5) is 37.3. The van der Waals surface area contributed by atoms with E-state index in [-0.39, 0.29) is 30.4 Å². The number of carbonyl (C=O) groups excluding carboxylic acids is 2. The predicted molar refractivity (Wildman–Crippen MR) is 131 cm³/mol. The first kappa shape index (κ1) is 23.4. The number of hydrogen-bond donors (Lipinski definition) is 3. The number of ether oxygens (including phenoxy) is 1. The molecule has 0 aromatic heterocycles. The number of amides is 2. The van der Waals surface area contributed by atoms with Crippen LogP contribution in [0.4, 0.5) is 4.79 Å². The van der Waals surface area contributed by atoms with Gasteiger partial charge in [0.25, 0.3) is 0 Å². The number of aliphatic carboxylic acids is 1. The molecule has 0 radical (unpaired) electrons. The Morgan fingerprint density at radius 1 is 1.03 bits per heavy atom. The van der Waals surface area contributed by atoms with Crippen LogP contribution in [0.2, 0.25) is 0 Å². The molecule has 3 aliphatic carbocycles. The summed E-state index contributed by atoms with van der Waals surface area (Å²) in [5, 5.41) is 15.2. The molecule has 35 heavy (non-hydrogen) atoms. The van der Waals surface area contributed by atoms with Crippen molar-refractivity contribution in [3.8, 4) is 11.1 Å². The normalized spacial score (nSPS) is 25.1. The molecule has 2 amide bonds. The zero-order valence-electron chi connectivity index (χ0n) is 20.3. The largest absolute Gasteiger partial charge is 0.480 e. The van der Waals surface area contributed by atoms with Gasteiger partial charge in [0.2, 0.25) is 5.91 Å². The van der Waals surface area contributed by atoms with E-state index in [4.69, 9.17) is 4.74 Å². The topological polar surface area (TPSA) is 105 Å². The van der Waals surface area contributed by atoms with Crippen molar-refractivity contribution in [1.82, 2.24) is 10.6 Å². The van der Waals surface area contributed by atoms with Crippen LogP contribution in [0.25, 0.3) is 11.1 Å². The molecule has 2 aromatic carbocycles. The van der Waals surface area contributed by atoms with E-state index in [1.54, 1.807) is 20.8 Å². The molecule has 7 heteroatoms. The lowest BCUT2D eigenvalue weighted by molar-refractivity contribution is -0.146. The van der Waals surface area contributed by atoms with Crippen LogP contribution in [0.1, 0.15) is 57.1 Å². The Balaban J connectivity index is 1.18. The fourth-order valence-electron chi connectivity index (χ4n) is 6.02. The Morgan fingerprint density at radius 3 is 2.20 bits per heavy atom. The van der Waals surface area contributed by atoms with Crippen molar-refractivity contribution < 1.29 is 24.2 Å². The minimum absolute atomic E-state index is 0.00685. The average molecular weight is 477 g/mol.